The number of hydrogen-bond acceptors (Lipinski definition) is 7. The lowest BCUT2D eigenvalue weighted by molar-refractivity contribution is 0.00578. The van der Waals surface area contributed by atoms with Crippen LogP contribution in [0.1, 0.15) is 34.5 Å². The fourth-order valence-electron chi connectivity index (χ4n) is 6.03. The Balaban J connectivity index is 1.20. The van der Waals surface area contributed by atoms with Crippen LogP contribution in [0.2, 0.25) is 0 Å². The number of hydrogen-bond donors (Lipinski definition) is 0. The van der Waals surface area contributed by atoms with E-state index >= 15 is 0 Å². The van der Waals surface area contributed by atoms with Crippen LogP contribution in [0, 0.1) is 0 Å². The standard InChI is InChI=1S/C39H30BN3O4/c1-38(2)39(3,4)47-40(46-38)26-16-19-32-30(22-26)29-18-15-25(21-34(29)45-32)37-42-35(23-10-6-5-7-11-23)41-36(43-37)24-14-17-28-27-12-8-9-13-31(27)44-33(28)20-24/h5-22H,1-4H3/i5D,6D,7D,10D,11D. The van der Waals surface area contributed by atoms with Gasteiger partial charge in [-0.25, -0.2) is 15.0 Å². The van der Waals surface area contributed by atoms with Gasteiger partial charge in [0.25, 0.3) is 0 Å². The van der Waals surface area contributed by atoms with Gasteiger partial charge in [-0.3, -0.25) is 0 Å². The third-order valence-corrected chi connectivity index (χ3v) is 9.27. The van der Waals surface area contributed by atoms with E-state index in [1.54, 1.807) is 0 Å². The zero-order valence-corrected chi connectivity index (χ0v) is 26.1. The molecule has 1 aliphatic heterocycles. The Bertz CT molecular complexity index is 2750. The molecule has 0 aliphatic carbocycles. The molecule has 0 bridgehead atoms. The van der Waals surface area contributed by atoms with Crippen molar-refractivity contribution in [2.75, 3.05) is 0 Å². The molecule has 3 aromatic heterocycles. The van der Waals surface area contributed by atoms with E-state index in [1.807, 2.05) is 107 Å². The molecule has 9 rings (SSSR count). The highest BCUT2D eigenvalue weighted by Crippen LogP contribution is 2.38. The maximum absolute atomic E-state index is 8.66. The molecule has 0 saturated carbocycles. The van der Waals surface area contributed by atoms with Gasteiger partial charge < -0.3 is 18.1 Å². The summed E-state index contributed by atoms with van der Waals surface area (Å²) in [6, 6.07) is 22.6. The van der Waals surface area contributed by atoms with Crippen LogP contribution in [-0.2, 0) is 9.31 Å². The van der Waals surface area contributed by atoms with E-state index in [4.69, 9.17) is 35.0 Å². The van der Waals surface area contributed by atoms with Gasteiger partial charge in [0, 0.05) is 38.2 Å². The summed E-state index contributed by atoms with van der Waals surface area (Å²) in [6.45, 7) is 8.08. The first-order chi connectivity index (χ1) is 24.8. The maximum atomic E-state index is 8.66. The zero-order valence-electron chi connectivity index (χ0n) is 31.1. The minimum atomic E-state index is -0.527. The molecule has 0 atom stereocenters. The molecule has 8 heteroatoms. The first-order valence-corrected chi connectivity index (χ1v) is 15.4. The van der Waals surface area contributed by atoms with E-state index < -0.39 is 48.5 Å². The lowest BCUT2D eigenvalue weighted by Crippen LogP contribution is -2.41. The minimum Gasteiger partial charge on any atom is -0.456 e. The third kappa shape index (κ3) is 4.55. The fraction of sp³-hybridized carbons (Fsp3) is 0.154. The van der Waals surface area contributed by atoms with Crippen LogP contribution in [0.25, 0.3) is 78.0 Å². The number of furan rings is 2. The van der Waals surface area contributed by atoms with Crippen molar-refractivity contribution >= 4 is 56.5 Å². The number of aromatic nitrogens is 3. The fourth-order valence-corrected chi connectivity index (χ4v) is 6.03. The second kappa shape index (κ2) is 10.1. The van der Waals surface area contributed by atoms with E-state index in [1.165, 1.54) is 0 Å². The molecule has 0 unspecified atom stereocenters. The molecule has 4 heterocycles. The molecular formula is C39H30BN3O4. The van der Waals surface area contributed by atoms with E-state index in [2.05, 4.69) is 4.98 Å². The Morgan fingerprint density at radius 1 is 0.532 bits per heavy atom. The van der Waals surface area contributed by atoms with Crippen molar-refractivity contribution in [3.05, 3.63) is 109 Å². The summed E-state index contributed by atoms with van der Waals surface area (Å²) in [4.78, 5) is 14.2. The predicted octanol–water partition coefficient (Wildman–Crippen LogP) is 8.97. The molecule has 1 fully saturated rings. The van der Waals surface area contributed by atoms with Crippen molar-refractivity contribution in [2.24, 2.45) is 0 Å². The number of rotatable bonds is 4. The van der Waals surface area contributed by atoms with Crippen molar-refractivity contribution in [3.8, 4) is 34.2 Å². The summed E-state index contributed by atoms with van der Waals surface area (Å²) < 4.78 is 67.1. The largest absolute Gasteiger partial charge is 0.494 e. The van der Waals surface area contributed by atoms with Crippen LogP contribution >= 0.6 is 0 Å². The Hall–Kier alpha value is -5.31. The lowest BCUT2D eigenvalue weighted by Gasteiger charge is -2.32. The van der Waals surface area contributed by atoms with Crippen LogP contribution in [0.3, 0.4) is 0 Å². The maximum Gasteiger partial charge on any atom is 0.494 e. The summed E-state index contributed by atoms with van der Waals surface area (Å²) in [5.74, 6) is 0.418. The molecule has 1 aliphatic rings. The third-order valence-electron chi connectivity index (χ3n) is 9.27. The van der Waals surface area contributed by atoms with Crippen molar-refractivity contribution < 1.29 is 25.0 Å². The van der Waals surface area contributed by atoms with Crippen LogP contribution in [0.5, 0.6) is 0 Å². The second-order valence-electron chi connectivity index (χ2n) is 12.8. The number of nitrogens with zero attached hydrogens (tertiary/aromatic N) is 3. The predicted molar refractivity (Wildman–Crippen MR) is 186 cm³/mol. The number of benzene rings is 5. The number of fused-ring (bicyclic) bond motifs is 6. The van der Waals surface area contributed by atoms with Crippen molar-refractivity contribution in [3.63, 3.8) is 0 Å². The first-order valence-electron chi connectivity index (χ1n) is 17.9. The van der Waals surface area contributed by atoms with Gasteiger partial charge in [0.15, 0.2) is 17.5 Å². The molecule has 0 spiro atoms. The van der Waals surface area contributed by atoms with Gasteiger partial charge in [-0.1, -0.05) is 72.7 Å². The smallest absolute Gasteiger partial charge is 0.456 e. The van der Waals surface area contributed by atoms with E-state index in [-0.39, 0.29) is 23.0 Å². The Labute approximate surface area is 278 Å². The summed E-state index contributed by atoms with van der Waals surface area (Å²) in [6.07, 6.45) is 0. The van der Waals surface area contributed by atoms with Crippen LogP contribution in [-0.4, -0.2) is 33.3 Å². The van der Waals surface area contributed by atoms with Gasteiger partial charge in [0.1, 0.15) is 22.3 Å². The van der Waals surface area contributed by atoms with Gasteiger partial charge >= 0.3 is 7.12 Å². The molecule has 47 heavy (non-hydrogen) atoms. The van der Waals surface area contributed by atoms with Crippen molar-refractivity contribution in [1.29, 1.82) is 0 Å². The molecule has 7 nitrogen and oxygen atoms in total. The van der Waals surface area contributed by atoms with Crippen LogP contribution < -0.4 is 5.46 Å². The topological polar surface area (TPSA) is 83.4 Å². The second-order valence-corrected chi connectivity index (χ2v) is 12.8. The quantitative estimate of drug-likeness (QED) is 0.182. The van der Waals surface area contributed by atoms with Crippen molar-refractivity contribution in [1.82, 2.24) is 15.0 Å². The van der Waals surface area contributed by atoms with Gasteiger partial charge in [-0.2, -0.15) is 0 Å². The molecule has 0 N–H and O–H groups in total. The Morgan fingerprint density at radius 3 is 1.70 bits per heavy atom. The molecule has 8 aromatic rings. The monoisotopic (exact) mass is 620 g/mol. The van der Waals surface area contributed by atoms with Gasteiger partial charge in [-0.15, -0.1) is 0 Å². The van der Waals surface area contributed by atoms with Gasteiger partial charge in [0.2, 0.25) is 0 Å². The Kier molecular flexibility index (Phi) is 4.96. The SMILES string of the molecule is [2H]c1c([2H])c([2H])c(-c2nc(-c3ccc4c(c3)oc3ccccc34)nc(-c3ccc4c(c3)oc3ccc(B5OC(C)(C)C(C)(C)O5)cc34)n2)c([2H])c1[2H]. The highest BCUT2D eigenvalue weighted by molar-refractivity contribution is 6.62. The summed E-state index contributed by atoms with van der Waals surface area (Å²) in [5, 5.41) is 3.66. The molecule has 0 amide bonds. The molecular weight excluding hydrogens is 585 g/mol. The van der Waals surface area contributed by atoms with Gasteiger partial charge in [-0.05, 0) is 69.6 Å². The van der Waals surface area contributed by atoms with Crippen LogP contribution in [0.15, 0.2) is 118 Å². The summed E-state index contributed by atoms with van der Waals surface area (Å²) in [7, 11) is -0.527. The lowest BCUT2D eigenvalue weighted by atomic mass is 9.78. The van der Waals surface area contributed by atoms with Gasteiger partial charge in [0.05, 0.1) is 18.1 Å². The Morgan fingerprint density at radius 2 is 1.06 bits per heavy atom. The molecule has 1 saturated heterocycles. The molecule has 5 aromatic carbocycles. The highest BCUT2D eigenvalue weighted by Gasteiger charge is 2.51. The number of para-hydroxylation sites is 1. The normalized spacial score (nSPS) is 17.3. The molecule has 0 radical (unpaired) electrons. The zero-order chi connectivity index (χ0) is 36.3. The molecule has 228 valence electrons. The highest BCUT2D eigenvalue weighted by atomic mass is 16.7. The average molecular weight is 621 g/mol. The summed E-state index contributed by atoms with van der Waals surface area (Å²) >= 11 is 0. The van der Waals surface area contributed by atoms with E-state index in [9.17, 15) is 0 Å². The van der Waals surface area contributed by atoms with Crippen molar-refractivity contribution in [2.45, 2.75) is 38.9 Å². The minimum absolute atomic E-state index is 0.0570. The van der Waals surface area contributed by atoms with Crippen LogP contribution in [0.4, 0.5) is 0 Å². The summed E-state index contributed by atoms with van der Waals surface area (Å²) in [5.41, 5.74) is 3.64. The van der Waals surface area contributed by atoms with E-state index in [0.29, 0.717) is 27.9 Å². The first kappa shape index (κ1) is 23.1. The van der Waals surface area contributed by atoms with E-state index in [0.717, 1.165) is 32.6 Å². The average Bonchev–Trinajstić information content (AvgIpc) is 3.76.